The first-order valence-electron chi connectivity index (χ1n) is 6.67. The Kier molecular flexibility index (Phi) is 6.84. The van der Waals surface area contributed by atoms with Gasteiger partial charge in [0.25, 0.3) is 0 Å². The summed E-state index contributed by atoms with van der Waals surface area (Å²) in [5, 5.41) is 4.18. The Morgan fingerprint density at radius 2 is 2.11 bits per heavy atom. The second kappa shape index (κ2) is 8.50. The summed E-state index contributed by atoms with van der Waals surface area (Å²) in [4.78, 5) is 11.4. The largest absolute Gasteiger partial charge is 0.463 e. The smallest absolute Gasteiger partial charge is 0.240 e. The molecule has 0 aliphatic carbocycles. The Labute approximate surface area is 108 Å². The number of unbranched alkanes of at least 4 members (excludes halogenated alkanes) is 2. The van der Waals surface area contributed by atoms with E-state index in [2.05, 4.69) is 17.5 Å². The molecule has 1 amide bonds. The Bertz CT molecular complexity index is 369. The lowest BCUT2D eigenvalue weighted by molar-refractivity contribution is -0.121. The van der Waals surface area contributed by atoms with Crippen molar-refractivity contribution in [3.63, 3.8) is 0 Å². The molecule has 0 saturated carbocycles. The fourth-order valence-electron chi connectivity index (χ4n) is 1.63. The number of nitrogens with zero attached hydrogens (tertiary/aromatic N) is 1. The number of furan rings is 1. The third-order valence-electron chi connectivity index (χ3n) is 2.62. The summed E-state index contributed by atoms with van der Waals surface area (Å²) < 4.78 is 5.34. The van der Waals surface area contributed by atoms with Crippen LogP contribution in [0.5, 0.6) is 0 Å². The van der Waals surface area contributed by atoms with E-state index >= 15 is 0 Å². The van der Waals surface area contributed by atoms with E-state index in [4.69, 9.17) is 4.42 Å². The first-order chi connectivity index (χ1) is 8.77. The highest BCUT2D eigenvalue weighted by Crippen LogP contribution is 2.09. The van der Waals surface area contributed by atoms with Gasteiger partial charge in [-0.25, -0.2) is 5.43 Å². The van der Waals surface area contributed by atoms with Gasteiger partial charge >= 0.3 is 0 Å². The molecule has 4 heteroatoms. The summed E-state index contributed by atoms with van der Waals surface area (Å²) >= 11 is 0. The fraction of sp³-hybridized carbons (Fsp3) is 0.571. The Hall–Kier alpha value is -1.58. The predicted molar refractivity (Wildman–Crippen MR) is 72.4 cm³/mol. The molecular weight excluding hydrogens is 228 g/mol. The molecule has 0 atom stereocenters. The van der Waals surface area contributed by atoms with E-state index in [9.17, 15) is 4.79 Å². The van der Waals surface area contributed by atoms with E-state index in [0.717, 1.165) is 43.6 Å². The lowest BCUT2D eigenvalue weighted by Crippen LogP contribution is -2.19. The van der Waals surface area contributed by atoms with Crippen molar-refractivity contribution in [3.8, 4) is 0 Å². The number of hydrogen-bond donors (Lipinski definition) is 1. The van der Waals surface area contributed by atoms with Crippen molar-refractivity contribution in [3.05, 3.63) is 24.2 Å². The average molecular weight is 250 g/mol. The Morgan fingerprint density at radius 1 is 1.28 bits per heavy atom. The maximum absolute atomic E-state index is 11.4. The molecule has 4 nitrogen and oxygen atoms in total. The highest BCUT2D eigenvalue weighted by Gasteiger charge is 2.07. The topological polar surface area (TPSA) is 54.6 Å². The van der Waals surface area contributed by atoms with Gasteiger partial charge in [0.15, 0.2) is 0 Å². The SMILES string of the molecule is CCCCCC(=NNC(=O)CCC)c1ccco1. The molecule has 100 valence electrons. The first kappa shape index (κ1) is 14.5. The van der Waals surface area contributed by atoms with Gasteiger partial charge in [0, 0.05) is 6.42 Å². The zero-order valence-electron chi connectivity index (χ0n) is 11.2. The fourth-order valence-corrected chi connectivity index (χ4v) is 1.63. The van der Waals surface area contributed by atoms with Crippen LogP contribution in [0.3, 0.4) is 0 Å². The molecule has 1 aromatic heterocycles. The molecule has 0 unspecified atom stereocenters. The van der Waals surface area contributed by atoms with Crippen LogP contribution in [0.25, 0.3) is 0 Å². The molecule has 0 aliphatic heterocycles. The van der Waals surface area contributed by atoms with Crippen LogP contribution >= 0.6 is 0 Å². The van der Waals surface area contributed by atoms with Crippen molar-refractivity contribution < 1.29 is 9.21 Å². The molecule has 0 saturated heterocycles. The highest BCUT2D eigenvalue weighted by atomic mass is 16.3. The third kappa shape index (κ3) is 5.17. The zero-order valence-corrected chi connectivity index (χ0v) is 11.2. The maximum atomic E-state index is 11.4. The minimum absolute atomic E-state index is 0.0444. The Balaban J connectivity index is 2.59. The van der Waals surface area contributed by atoms with Gasteiger partial charge in [-0.05, 0) is 31.4 Å². The summed E-state index contributed by atoms with van der Waals surface area (Å²) in [5.74, 6) is 0.694. The van der Waals surface area contributed by atoms with Crippen LogP contribution in [-0.4, -0.2) is 11.6 Å². The molecule has 0 aromatic carbocycles. The molecule has 0 radical (unpaired) electrons. The van der Waals surface area contributed by atoms with Gasteiger partial charge in [0.2, 0.25) is 5.91 Å². The van der Waals surface area contributed by atoms with Crippen LogP contribution in [-0.2, 0) is 4.79 Å². The number of hydrazone groups is 1. The van der Waals surface area contributed by atoms with E-state index in [0.29, 0.717) is 6.42 Å². The number of carbonyl (C=O) groups excluding carboxylic acids is 1. The summed E-state index contributed by atoms with van der Waals surface area (Å²) in [6.45, 7) is 4.13. The standard InChI is InChI=1S/C14H22N2O2/c1-3-5-6-9-12(13-10-7-11-18-13)15-16-14(17)8-4-2/h7,10-11H,3-6,8-9H2,1-2H3,(H,16,17). The van der Waals surface area contributed by atoms with Gasteiger partial charge < -0.3 is 4.42 Å². The number of nitrogens with one attached hydrogen (secondary N) is 1. The predicted octanol–water partition coefficient (Wildman–Crippen LogP) is 3.48. The van der Waals surface area contributed by atoms with E-state index in [1.807, 2.05) is 19.1 Å². The monoisotopic (exact) mass is 250 g/mol. The lowest BCUT2D eigenvalue weighted by Gasteiger charge is -2.04. The van der Waals surface area contributed by atoms with Crippen LogP contribution in [0.1, 0.15) is 58.1 Å². The van der Waals surface area contributed by atoms with Gasteiger partial charge in [-0.2, -0.15) is 5.10 Å². The number of amides is 1. The van der Waals surface area contributed by atoms with E-state index in [1.165, 1.54) is 0 Å². The molecule has 1 aromatic rings. The van der Waals surface area contributed by atoms with Crippen molar-refractivity contribution in [2.24, 2.45) is 5.10 Å². The lowest BCUT2D eigenvalue weighted by atomic mass is 10.1. The van der Waals surface area contributed by atoms with Crippen molar-refractivity contribution in [1.82, 2.24) is 5.43 Å². The van der Waals surface area contributed by atoms with Crippen LogP contribution in [0.4, 0.5) is 0 Å². The van der Waals surface area contributed by atoms with E-state index in [1.54, 1.807) is 6.26 Å². The third-order valence-corrected chi connectivity index (χ3v) is 2.62. The quantitative estimate of drug-likeness (QED) is 0.436. The van der Waals surface area contributed by atoms with E-state index < -0.39 is 0 Å². The van der Waals surface area contributed by atoms with Crippen molar-refractivity contribution in [2.45, 2.75) is 52.4 Å². The summed E-state index contributed by atoms with van der Waals surface area (Å²) in [6.07, 6.45) is 7.15. The average Bonchev–Trinajstić information content (AvgIpc) is 2.87. The molecule has 1 N–H and O–H groups in total. The van der Waals surface area contributed by atoms with Gasteiger partial charge in [0.05, 0.1) is 6.26 Å². The summed E-state index contributed by atoms with van der Waals surface area (Å²) in [6, 6.07) is 3.70. The molecular formula is C14H22N2O2. The van der Waals surface area contributed by atoms with E-state index in [-0.39, 0.29) is 5.91 Å². The maximum Gasteiger partial charge on any atom is 0.240 e. The van der Waals surface area contributed by atoms with Crippen LogP contribution in [0.15, 0.2) is 27.9 Å². The van der Waals surface area contributed by atoms with Crippen molar-refractivity contribution >= 4 is 11.6 Å². The van der Waals surface area contributed by atoms with Crippen molar-refractivity contribution in [1.29, 1.82) is 0 Å². The van der Waals surface area contributed by atoms with Gasteiger partial charge in [0.1, 0.15) is 11.5 Å². The first-order valence-corrected chi connectivity index (χ1v) is 6.67. The van der Waals surface area contributed by atoms with Crippen LogP contribution in [0.2, 0.25) is 0 Å². The molecule has 0 fully saturated rings. The normalized spacial score (nSPS) is 11.6. The number of carbonyl (C=O) groups is 1. The minimum Gasteiger partial charge on any atom is -0.463 e. The van der Waals surface area contributed by atoms with Gasteiger partial charge in [-0.3, -0.25) is 4.79 Å². The molecule has 0 spiro atoms. The second-order valence-corrected chi connectivity index (χ2v) is 4.28. The number of hydrogen-bond acceptors (Lipinski definition) is 3. The second-order valence-electron chi connectivity index (χ2n) is 4.28. The van der Waals surface area contributed by atoms with Gasteiger partial charge in [-0.15, -0.1) is 0 Å². The van der Waals surface area contributed by atoms with Crippen LogP contribution < -0.4 is 5.43 Å². The molecule has 1 rings (SSSR count). The van der Waals surface area contributed by atoms with Crippen molar-refractivity contribution in [2.75, 3.05) is 0 Å². The Morgan fingerprint density at radius 3 is 2.72 bits per heavy atom. The molecule has 1 heterocycles. The minimum atomic E-state index is -0.0444. The van der Waals surface area contributed by atoms with Crippen LogP contribution in [0, 0.1) is 0 Å². The molecule has 0 aliphatic rings. The highest BCUT2D eigenvalue weighted by molar-refractivity contribution is 5.98. The molecule has 18 heavy (non-hydrogen) atoms. The van der Waals surface area contributed by atoms with Gasteiger partial charge in [-0.1, -0.05) is 26.7 Å². The zero-order chi connectivity index (χ0) is 13.2. The molecule has 0 bridgehead atoms. The number of rotatable bonds is 8. The summed E-state index contributed by atoms with van der Waals surface area (Å²) in [7, 11) is 0. The summed E-state index contributed by atoms with van der Waals surface area (Å²) in [5.41, 5.74) is 3.41.